The van der Waals surface area contributed by atoms with Gasteiger partial charge in [0.05, 0.1) is 11.4 Å². The number of halogens is 2. The van der Waals surface area contributed by atoms with Gasteiger partial charge in [-0.05, 0) is 0 Å². The topological polar surface area (TPSA) is 42.7 Å². The average Bonchev–Trinajstić information content (AvgIpc) is 2.50. The van der Waals surface area contributed by atoms with E-state index >= 15 is 0 Å². The standard InChI is InChI=1S/C8H10N4.2ClH/c1-2-5-12-8-3-4-9-6-7(8)10-11-12;;/h1,9H,3-6H2;2*1H. The summed E-state index contributed by atoms with van der Waals surface area (Å²) >= 11 is 0. The summed E-state index contributed by atoms with van der Waals surface area (Å²) < 4.78 is 1.80. The SMILES string of the molecule is C#CCn1nnc2c1CCNC2.Cl.Cl. The predicted molar refractivity (Wildman–Crippen MR) is 58.8 cm³/mol. The molecule has 6 heteroatoms. The van der Waals surface area contributed by atoms with Crippen LogP contribution in [0.1, 0.15) is 11.4 Å². The Labute approximate surface area is 95.3 Å². The Kier molecular flexibility index (Phi) is 5.55. The summed E-state index contributed by atoms with van der Waals surface area (Å²) in [7, 11) is 0. The van der Waals surface area contributed by atoms with E-state index in [9.17, 15) is 0 Å². The summed E-state index contributed by atoms with van der Waals surface area (Å²) in [5, 5.41) is 11.2. The molecule has 0 unspecified atom stereocenters. The van der Waals surface area contributed by atoms with Crippen LogP contribution in [0.25, 0.3) is 0 Å². The molecule has 0 aromatic carbocycles. The van der Waals surface area contributed by atoms with Crippen molar-refractivity contribution in [3.63, 3.8) is 0 Å². The van der Waals surface area contributed by atoms with Crippen LogP contribution in [0.5, 0.6) is 0 Å². The number of rotatable bonds is 1. The van der Waals surface area contributed by atoms with Crippen molar-refractivity contribution >= 4 is 24.8 Å². The van der Waals surface area contributed by atoms with Crippen molar-refractivity contribution < 1.29 is 0 Å². The Bertz CT molecular complexity index is 329. The number of aromatic nitrogens is 3. The summed E-state index contributed by atoms with van der Waals surface area (Å²) in [6.07, 6.45) is 6.17. The first kappa shape index (κ1) is 13.2. The summed E-state index contributed by atoms with van der Waals surface area (Å²) in [5.41, 5.74) is 2.23. The lowest BCUT2D eigenvalue weighted by Gasteiger charge is -2.11. The van der Waals surface area contributed by atoms with Crippen molar-refractivity contribution in [2.45, 2.75) is 19.5 Å². The van der Waals surface area contributed by atoms with E-state index in [-0.39, 0.29) is 24.8 Å². The van der Waals surface area contributed by atoms with E-state index in [0.717, 1.165) is 25.2 Å². The van der Waals surface area contributed by atoms with Crippen LogP contribution in [0.2, 0.25) is 0 Å². The Balaban J connectivity index is 0.000000845. The molecule has 1 aliphatic rings. The molecule has 1 aliphatic heterocycles. The second kappa shape index (κ2) is 5.86. The van der Waals surface area contributed by atoms with Crippen LogP contribution in [0.15, 0.2) is 0 Å². The Morgan fingerprint density at radius 1 is 1.50 bits per heavy atom. The molecule has 78 valence electrons. The highest BCUT2D eigenvalue weighted by Gasteiger charge is 2.14. The Morgan fingerprint density at radius 3 is 3.00 bits per heavy atom. The van der Waals surface area contributed by atoms with E-state index in [1.807, 2.05) is 0 Å². The highest BCUT2D eigenvalue weighted by molar-refractivity contribution is 5.85. The van der Waals surface area contributed by atoms with Gasteiger partial charge in [-0.25, -0.2) is 4.68 Å². The van der Waals surface area contributed by atoms with Crippen molar-refractivity contribution in [2.75, 3.05) is 6.54 Å². The van der Waals surface area contributed by atoms with Gasteiger partial charge in [0.15, 0.2) is 0 Å². The molecular formula is C8H12Cl2N4. The zero-order valence-electron chi connectivity index (χ0n) is 7.56. The normalized spacial score (nSPS) is 13.1. The highest BCUT2D eigenvalue weighted by atomic mass is 35.5. The molecule has 1 aromatic heterocycles. The summed E-state index contributed by atoms with van der Waals surface area (Å²) in [5.74, 6) is 2.56. The third kappa shape index (κ3) is 2.38. The fourth-order valence-corrected chi connectivity index (χ4v) is 1.41. The summed E-state index contributed by atoms with van der Waals surface area (Å²) in [6, 6.07) is 0. The molecule has 2 heterocycles. The van der Waals surface area contributed by atoms with Gasteiger partial charge in [-0.3, -0.25) is 0 Å². The lowest BCUT2D eigenvalue weighted by Crippen LogP contribution is -2.25. The minimum Gasteiger partial charge on any atom is -0.311 e. The fourth-order valence-electron chi connectivity index (χ4n) is 1.41. The first-order valence-corrected chi connectivity index (χ1v) is 3.97. The van der Waals surface area contributed by atoms with Gasteiger partial charge in [0, 0.05) is 19.5 Å². The first-order chi connectivity index (χ1) is 5.92. The van der Waals surface area contributed by atoms with Gasteiger partial charge in [-0.1, -0.05) is 11.1 Å². The molecule has 0 atom stereocenters. The van der Waals surface area contributed by atoms with Crippen molar-refractivity contribution in [3.05, 3.63) is 11.4 Å². The first-order valence-electron chi connectivity index (χ1n) is 3.97. The highest BCUT2D eigenvalue weighted by Crippen LogP contribution is 2.09. The van der Waals surface area contributed by atoms with E-state index in [2.05, 4.69) is 21.5 Å². The zero-order chi connectivity index (χ0) is 8.39. The van der Waals surface area contributed by atoms with Crippen molar-refractivity contribution in [3.8, 4) is 12.3 Å². The van der Waals surface area contributed by atoms with Crippen LogP contribution in [-0.4, -0.2) is 21.5 Å². The monoisotopic (exact) mass is 234 g/mol. The van der Waals surface area contributed by atoms with E-state index in [4.69, 9.17) is 6.42 Å². The van der Waals surface area contributed by atoms with Gasteiger partial charge in [0.2, 0.25) is 0 Å². The van der Waals surface area contributed by atoms with Crippen LogP contribution in [0.3, 0.4) is 0 Å². The molecule has 0 bridgehead atoms. The van der Waals surface area contributed by atoms with E-state index < -0.39 is 0 Å². The minimum atomic E-state index is 0. The third-order valence-corrected chi connectivity index (χ3v) is 1.99. The third-order valence-electron chi connectivity index (χ3n) is 1.99. The molecule has 0 amide bonds. The molecule has 1 aromatic rings. The summed E-state index contributed by atoms with van der Waals surface area (Å²) in [4.78, 5) is 0. The minimum absolute atomic E-state index is 0. The smallest absolute Gasteiger partial charge is 0.103 e. The van der Waals surface area contributed by atoms with Gasteiger partial charge in [-0.2, -0.15) is 0 Å². The molecule has 14 heavy (non-hydrogen) atoms. The van der Waals surface area contributed by atoms with Gasteiger partial charge in [0.25, 0.3) is 0 Å². The molecule has 0 fully saturated rings. The molecule has 0 saturated carbocycles. The van der Waals surface area contributed by atoms with Gasteiger partial charge in [-0.15, -0.1) is 36.3 Å². The average molecular weight is 235 g/mol. The van der Waals surface area contributed by atoms with Gasteiger partial charge in [0.1, 0.15) is 6.54 Å². The maximum absolute atomic E-state index is 5.20. The molecule has 1 N–H and O–H groups in total. The molecule has 0 radical (unpaired) electrons. The van der Waals surface area contributed by atoms with E-state index in [1.54, 1.807) is 4.68 Å². The van der Waals surface area contributed by atoms with Crippen molar-refractivity contribution in [1.82, 2.24) is 20.3 Å². The second-order valence-electron chi connectivity index (χ2n) is 2.77. The summed E-state index contributed by atoms with van der Waals surface area (Å²) in [6.45, 7) is 2.34. The van der Waals surface area contributed by atoms with Crippen molar-refractivity contribution in [1.29, 1.82) is 0 Å². The van der Waals surface area contributed by atoms with Gasteiger partial charge >= 0.3 is 0 Å². The number of fused-ring (bicyclic) bond motifs is 1. The number of nitrogens with one attached hydrogen (secondary N) is 1. The predicted octanol–water partition coefficient (Wildman–Crippen LogP) is 0.401. The number of terminal acetylenes is 1. The number of hydrogen-bond acceptors (Lipinski definition) is 3. The molecule has 0 aliphatic carbocycles. The lowest BCUT2D eigenvalue weighted by molar-refractivity contribution is 0.591. The van der Waals surface area contributed by atoms with Crippen LogP contribution < -0.4 is 5.32 Å². The molecule has 2 rings (SSSR count). The molecule has 4 nitrogen and oxygen atoms in total. The van der Waals surface area contributed by atoms with E-state index in [1.165, 1.54) is 5.69 Å². The Morgan fingerprint density at radius 2 is 2.29 bits per heavy atom. The zero-order valence-corrected chi connectivity index (χ0v) is 9.20. The largest absolute Gasteiger partial charge is 0.311 e. The molecule has 0 saturated heterocycles. The maximum atomic E-state index is 5.20. The van der Waals surface area contributed by atoms with Gasteiger partial charge < -0.3 is 5.32 Å². The van der Waals surface area contributed by atoms with Crippen LogP contribution in [-0.2, 0) is 19.5 Å². The number of hydrogen-bond donors (Lipinski definition) is 1. The van der Waals surface area contributed by atoms with Crippen LogP contribution in [0.4, 0.5) is 0 Å². The second-order valence-corrected chi connectivity index (χ2v) is 2.77. The van der Waals surface area contributed by atoms with Crippen LogP contribution >= 0.6 is 24.8 Å². The lowest BCUT2D eigenvalue weighted by atomic mass is 10.2. The quantitative estimate of drug-likeness (QED) is 0.716. The van der Waals surface area contributed by atoms with E-state index in [0.29, 0.717) is 6.54 Å². The maximum Gasteiger partial charge on any atom is 0.103 e. The Hall–Kier alpha value is -0.760. The van der Waals surface area contributed by atoms with Crippen LogP contribution in [0, 0.1) is 12.3 Å². The number of nitrogens with zero attached hydrogens (tertiary/aromatic N) is 3. The fraction of sp³-hybridized carbons (Fsp3) is 0.500. The van der Waals surface area contributed by atoms with Crippen molar-refractivity contribution in [2.24, 2.45) is 0 Å². The molecular weight excluding hydrogens is 223 g/mol. The molecule has 0 spiro atoms.